The third-order valence-electron chi connectivity index (χ3n) is 5.22. The first kappa shape index (κ1) is 18.4. The van der Waals surface area contributed by atoms with Crippen molar-refractivity contribution in [2.45, 2.75) is 31.9 Å². The number of anilines is 1. The highest BCUT2D eigenvalue weighted by molar-refractivity contribution is 5.33. The van der Waals surface area contributed by atoms with E-state index in [1.807, 2.05) is 0 Å². The van der Waals surface area contributed by atoms with Crippen molar-refractivity contribution < 1.29 is 18.3 Å². The molecule has 2 aliphatic heterocycles. The molecule has 2 saturated heterocycles. The highest BCUT2D eigenvalue weighted by Crippen LogP contribution is 2.31. The van der Waals surface area contributed by atoms with Crippen LogP contribution in [0, 0.1) is 11.8 Å². The number of aliphatic hydroxyl groups excluding tert-OH is 1. The van der Waals surface area contributed by atoms with Gasteiger partial charge in [-0.15, -0.1) is 0 Å². The zero-order valence-corrected chi connectivity index (χ0v) is 14.3. The maximum Gasteiger partial charge on any atom is 0.433 e. The summed E-state index contributed by atoms with van der Waals surface area (Å²) in [5.41, 5.74) is -0.922. The summed E-state index contributed by atoms with van der Waals surface area (Å²) in [5.74, 6) is 0.370. The molecule has 2 aliphatic rings. The topological polar surface area (TPSA) is 52.5 Å². The Morgan fingerprint density at radius 1 is 1.08 bits per heavy atom. The Balaban J connectivity index is 1.68. The minimum absolute atomic E-state index is 0.0357. The van der Waals surface area contributed by atoms with Gasteiger partial charge in [0.1, 0.15) is 5.69 Å². The highest BCUT2D eigenvalue weighted by Gasteiger charge is 2.37. The summed E-state index contributed by atoms with van der Waals surface area (Å²) in [6, 6.07) is 0.887. The number of likely N-dealkylation sites (tertiary alicyclic amines) is 1. The van der Waals surface area contributed by atoms with Crippen LogP contribution in [0.15, 0.2) is 12.3 Å². The zero-order chi connectivity index (χ0) is 17.9. The smallest absolute Gasteiger partial charge is 0.396 e. The molecular formula is C17H25F3N4O. The molecule has 1 aromatic rings. The second-order valence-corrected chi connectivity index (χ2v) is 7.06. The van der Waals surface area contributed by atoms with Gasteiger partial charge in [0.25, 0.3) is 0 Å². The number of rotatable bonds is 4. The lowest BCUT2D eigenvalue weighted by atomic mass is 9.96. The molecule has 2 fully saturated rings. The molecule has 0 amide bonds. The van der Waals surface area contributed by atoms with Gasteiger partial charge in [0.05, 0.1) is 0 Å². The summed E-state index contributed by atoms with van der Waals surface area (Å²) in [4.78, 5) is 11.9. The van der Waals surface area contributed by atoms with E-state index < -0.39 is 11.9 Å². The Hall–Kier alpha value is -1.41. The first-order valence-electron chi connectivity index (χ1n) is 8.96. The van der Waals surface area contributed by atoms with Gasteiger partial charge >= 0.3 is 6.18 Å². The van der Waals surface area contributed by atoms with E-state index >= 15 is 0 Å². The number of hydrogen-bond acceptors (Lipinski definition) is 5. The summed E-state index contributed by atoms with van der Waals surface area (Å²) in [6.07, 6.45) is 1.58. The molecule has 0 spiro atoms. The van der Waals surface area contributed by atoms with E-state index in [4.69, 9.17) is 0 Å². The molecule has 0 radical (unpaired) electrons. The third-order valence-corrected chi connectivity index (χ3v) is 5.22. The lowest BCUT2D eigenvalue weighted by Gasteiger charge is -2.26. The molecule has 0 aromatic carbocycles. The Bertz CT molecular complexity index is 561. The second-order valence-electron chi connectivity index (χ2n) is 7.06. The van der Waals surface area contributed by atoms with Gasteiger partial charge in [-0.05, 0) is 37.9 Å². The minimum Gasteiger partial charge on any atom is -0.396 e. The number of aromatic nitrogens is 2. The molecule has 1 aromatic heterocycles. The lowest BCUT2D eigenvalue weighted by molar-refractivity contribution is -0.141. The van der Waals surface area contributed by atoms with E-state index in [2.05, 4.69) is 14.9 Å². The van der Waals surface area contributed by atoms with Crippen molar-refractivity contribution in [2.24, 2.45) is 11.8 Å². The van der Waals surface area contributed by atoms with Crippen LogP contribution < -0.4 is 4.90 Å². The summed E-state index contributed by atoms with van der Waals surface area (Å²) >= 11 is 0. The number of aliphatic hydroxyl groups is 1. The van der Waals surface area contributed by atoms with Crippen molar-refractivity contribution in [1.82, 2.24) is 14.9 Å². The third kappa shape index (κ3) is 4.61. The molecule has 1 N–H and O–H groups in total. The number of halogens is 3. The zero-order valence-electron chi connectivity index (χ0n) is 14.3. The van der Waals surface area contributed by atoms with Crippen molar-refractivity contribution >= 4 is 5.95 Å². The summed E-state index contributed by atoms with van der Waals surface area (Å²) in [6.45, 7) is 4.12. The van der Waals surface area contributed by atoms with Crippen molar-refractivity contribution in [3.8, 4) is 0 Å². The largest absolute Gasteiger partial charge is 0.433 e. The lowest BCUT2D eigenvalue weighted by Crippen LogP contribution is -2.34. The maximum absolute atomic E-state index is 12.9. The van der Waals surface area contributed by atoms with Crippen LogP contribution in [0.5, 0.6) is 0 Å². The maximum atomic E-state index is 12.9. The molecule has 5 nitrogen and oxygen atoms in total. The van der Waals surface area contributed by atoms with E-state index in [1.165, 1.54) is 25.7 Å². The summed E-state index contributed by atoms with van der Waals surface area (Å²) in [7, 11) is 0. The van der Waals surface area contributed by atoms with Gasteiger partial charge in [-0.1, -0.05) is 12.8 Å². The molecule has 3 heterocycles. The normalized spacial score (nSPS) is 26.0. The molecule has 2 unspecified atom stereocenters. The van der Waals surface area contributed by atoms with E-state index in [0.717, 1.165) is 31.9 Å². The molecule has 8 heteroatoms. The SMILES string of the molecule is OCC1CN(c2nccc(C(F)(F)F)n2)CC1CN1CCCCCC1. The van der Waals surface area contributed by atoms with Crippen molar-refractivity contribution in [1.29, 1.82) is 0 Å². The van der Waals surface area contributed by atoms with E-state index in [9.17, 15) is 18.3 Å². The fourth-order valence-corrected chi connectivity index (χ4v) is 3.82. The standard InChI is InChI=1S/C17H25F3N4O/c18-17(19,20)15-5-6-21-16(22-15)24-10-13(14(11-24)12-25)9-23-7-3-1-2-4-8-23/h5-6,13-14,25H,1-4,7-12H2. The van der Waals surface area contributed by atoms with Gasteiger partial charge in [-0.3, -0.25) is 0 Å². The number of nitrogens with zero attached hydrogens (tertiary/aromatic N) is 4. The molecular weight excluding hydrogens is 333 g/mol. The quantitative estimate of drug-likeness (QED) is 0.896. The van der Waals surface area contributed by atoms with E-state index in [-0.39, 0.29) is 24.4 Å². The number of hydrogen-bond donors (Lipinski definition) is 1. The first-order valence-corrected chi connectivity index (χ1v) is 8.96. The van der Waals surface area contributed by atoms with Gasteiger partial charge in [-0.25, -0.2) is 9.97 Å². The van der Waals surface area contributed by atoms with Gasteiger partial charge < -0.3 is 14.9 Å². The van der Waals surface area contributed by atoms with Crippen LogP contribution in [0.2, 0.25) is 0 Å². The molecule has 0 saturated carbocycles. The van der Waals surface area contributed by atoms with Gasteiger partial charge in [0.15, 0.2) is 0 Å². The van der Waals surface area contributed by atoms with Crippen LogP contribution in [-0.4, -0.2) is 59.3 Å². The van der Waals surface area contributed by atoms with Crippen LogP contribution >= 0.6 is 0 Å². The monoisotopic (exact) mass is 358 g/mol. The molecule has 25 heavy (non-hydrogen) atoms. The minimum atomic E-state index is -4.47. The molecule has 2 atom stereocenters. The van der Waals surface area contributed by atoms with E-state index in [0.29, 0.717) is 13.1 Å². The fourth-order valence-electron chi connectivity index (χ4n) is 3.82. The summed E-state index contributed by atoms with van der Waals surface area (Å²) in [5, 5.41) is 9.70. The number of alkyl halides is 3. The molecule has 140 valence electrons. The van der Waals surface area contributed by atoms with Gasteiger partial charge in [-0.2, -0.15) is 13.2 Å². The highest BCUT2D eigenvalue weighted by atomic mass is 19.4. The molecule has 3 rings (SSSR count). The first-order chi connectivity index (χ1) is 12.0. The van der Waals surface area contributed by atoms with Gasteiger partial charge in [0.2, 0.25) is 5.95 Å². The van der Waals surface area contributed by atoms with Crippen molar-refractivity contribution in [3.05, 3.63) is 18.0 Å². The van der Waals surface area contributed by atoms with Crippen LogP contribution in [0.4, 0.5) is 19.1 Å². The Labute approximate surface area is 145 Å². The van der Waals surface area contributed by atoms with Crippen molar-refractivity contribution in [3.63, 3.8) is 0 Å². The second kappa shape index (κ2) is 7.86. The predicted octanol–water partition coefficient (Wildman–Crippen LogP) is 2.42. The van der Waals surface area contributed by atoms with Gasteiger partial charge in [0, 0.05) is 38.4 Å². The Morgan fingerprint density at radius 3 is 2.40 bits per heavy atom. The molecule has 0 aliphatic carbocycles. The van der Waals surface area contributed by atoms with Crippen LogP contribution in [0.25, 0.3) is 0 Å². The van der Waals surface area contributed by atoms with Crippen LogP contribution in [0.3, 0.4) is 0 Å². The fraction of sp³-hybridized carbons (Fsp3) is 0.765. The predicted molar refractivity (Wildman–Crippen MR) is 88.2 cm³/mol. The Morgan fingerprint density at radius 2 is 1.76 bits per heavy atom. The van der Waals surface area contributed by atoms with E-state index in [1.54, 1.807) is 4.90 Å². The molecule has 0 bridgehead atoms. The Kier molecular flexibility index (Phi) is 5.78. The average molecular weight is 358 g/mol. The average Bonchev–Trinajstić information content (AvgIpc) is 2.81. The summed E-state index contributed by atoms with van der Waals surface area (Å²) < 4.78 is 38.6. The van der Waals surface area contributed by atoms with Crippen LogP contribution in [-0.2, 0) is 6.18 Å². The van der Waals surface area contributed by atoms with Crippen molar-refractivity contribution in [2.75, 3.05) is 44.2 Å². The van der Waals surface area contributed by atoms with Crippen LogP contribution in [0.1, 0.15) is 31.4 Å².